The first kappa shape index (κ1) is 12.6. The van der Waals surface area contributed by atoms with Gasteiger partial charge >= 0.3 is 0 Å². The van der Waals surface area contributed by atoms with Gasteiger partial charge < -0.3 is 14.3 Å². The predicted molar refractivity (Wildman–Crippen MR) is 68.7 cm³/mol. The first-order valence-electron chi connectivity index (χ1n) is 5.90. The van der Waals surface area contributed by atoms with Gasteiger partial charge in [-0.05, 0) is 24.1 Å². The number of benzene rings is 1. The summed E-state index contributed by atoms with van der Waals surface area (Å²) in [5.74, 6) is 1.06. The Labute approximate surface area is 105 Å². The van der Waals surface area contributed by atoms with Gasteiger partial charge in [0.2, 0.25) is 0 Å². The van der Waals surface area contributed by atoms with Crippen LogP contribution in [-0.2, 0) is 6.61 Å². The summed E-state index contributed by atoms with van der Waals surface area (Å²) in [4.78, 5) is 12.0. The Morgan fingerprint density at radius 3 is 2.83 bits per heavy atom. The van der Waals surface area contributed by atoms with E-state index in [1.54, 1.807) is 18.2 Å². The third-order valence-electron chi connectivity index (χ3n) is 2.57. The van der Waals surface area contributed by atoms with Crippen LogP contribution in [0.2, 0.25) is 0 Å². The zero-order valence-electron chi connectivity index (χ0n) is 10.5. The lowest BCUT2D eigenvalue weighted by molar-refractivity contribution is 0.271. The number of rotatable bonds is 4. The van der Waals surface area contributed by atoms with E-state index in [4.69, 9.17) is 14.3 Å². The lowest BCUT2D eigenvalue weighted by atomic mass is 10.1. The van der Waals surface area contributed by atoms with Crippen LogP contribution in [0.15, 0.2) is 33.7 Å². The zero-order chi connectivity index (χ0) is 13.1. The van der Waals surface area contributed by atoms with Crippen molar-refractivity contribution in [2.45, 2.75) is 20.5 Å². The topological polar surface area (TPSA) is 59.7 Å². The maximum Gasteiger partial charge on any atom is 0.198 e. The summed E-state index contributed by atoms with van der Waals surface area (Å²) in [6, 6.07) is 5.13. The van der Waals surface area contributed by atoms with E-state index in [0.717, 1.165) is 0 Å². The maximum atomic E-state index is 12.0. The molecule has 1 heterocycles. The molecule has 0 saturated carbocycles. The minimum atomic E-state index is -0.324. The summed E-state index contributed by atoms with van der Waals surface area (Å²) in [6.07, 6.45) is 1.29. The minimum absolute atomic E-state index is 0.214. The second-order valence-electron chi connectivity index (χ2n) is 4.61. The van der Waals surface area contributed by atoms with Crippen LogP contribution in [0.25, 0.3) is 11.0 Å². The molecule has 4 nitrogen and oxygen atoms in total. The molecule has 4 heteroatoms. The van der Waals surface area contributed by atoms with Gasteiger partial charge in [0.1, 0.15) is 17.6 Å². The average Bonchev–Trinajstić information content (AvgIpc) is 2.37. The van der Waals surface area contributed by atoms with Crippen molar-refractivity contribution in [1.82, 2.24) is 0 Å². The highest BCUT2D eigenvalue weighted by molar-refractivity contribution is 5.78. The highest BCUT2D eigenvalue weighted by Crippen LogP contribution is 2.19. The molecule has 0 spiro atoms. The second kappa shape index (κ2) is 5.23. The molecule has 0 unspecified atom stereocenters. The Bertz CT molecular complexity index is 598. The van der Waals surface area contributed by atoms with Crippen molar-refractivity contribution in [3.63, 3.8) is 0 Å². The van der Waals surface area contributed by atoms with E-state index in [9.17, 15) is 4.79 Å². The molecule has 1 N–H and O–H groups in total. The van der Waals surface area contributed by atoms with Crippen LogP contribution in [0, 0.1) is 5.92 Å². The van der Waals surface area contributed by atoms with Gasteiger partial charge in [0.15, 0.2) is 5.43 Å². The van der Waals surface area contributed by atoms with Crippen LogP contribution in [0.5, 0.6) is 5.75 Å². The molecule has 0 aliphatic rings. The number of hydrogen-bond acceptors (Lipinski definition) is 4. The van der Waals surface area contributed by atoms with E-state index >= 15 is 0 Å². The highest BCUT2D eigenvalue weighted by Gasteiger charge is 2.07. The van der Waals surface area contributed by atoms with Crippen LogP contribution in [0.1, 0.15) is 19.4 Å². The van der Waals surface area contributed by atoms with E-state index < -0.39 is 0 Å². The number of ether oxygens (including phenoxy) is 1. The van der Waals surface area contributed by atoms with Gasteiger partial charge in [-0.25, -0.2) is 0 Å². The number of fused-ring (bicyclic) bond motifs is 1. The van der Waals surface area contributed by atoms with E-state index in [1.807, 2.05) is 0 Å². The quantitative estimate of drug-likeness (QED) is 0.902. The summed E-state index contributed by atoms with van der Waals surface area (Å²) >= 11 is 0. The van der Waals surface area contributed by atoms with Gasteiger partial charge in [0.05, 0.1) is 24.2 Å². The van der Waals surface area contributed by atoms with Crippen LogP contribution in [0.4, 0.5) is 0 Å². The molecule has 0 atom stereocenters. The van der Waals surface area contributed by atoms with E-state index in [0.29, 0.717) is 29.2 Å². The molecule has 96 valence electrons. The van der Waals surface area contributed by atoms with Crippen molar-refractivity contribution in [2.24, 2.45) is 5.92 Å². The van der Waals surface area contributed by atoms with E-state index in [-0.39, 0.29) is 17.6 Å². The molecular formula is C14H16O4. The average molecular weight is 248 g/mol. The highest BCUT2D eigenvalue weighted by atomic mass is 16.5. The molecule has 0 aliphatic heterocycles. The van der Waals surface area contributed by atoms with Crippen molar-refractivity contribution < 1.29 is 14.3 Å². The summed E-state index contributed by atoms with van der Waals surface area (Å²) in [7, 11) is 0. The summed E-state index contributed by atoms with van der Waals surface area (Å²) < 4.78 is 10.8. The standard InChI is InChI=1S/C14H16O4/c1-9(2)7-17-11-3-4-13-12(5-11)14(16)10(6-15)8-18-13/h3-5,8-9,15H,6-7H2,1-2H3. The minimum Gasteiger partial charge on any atom is -0.493 e. The molecule has 0 bridgehead atoms. The largest absolute Gasteiger partial charge is 0.493 e. The monoisotopic (exact) mass is 248 g/mol. The fourth-order valence-corrected chi connectivity index (χ4v) is 1.61. The molecule has 0 saturated heterocycles. The fourth-order valence-electron chi connectivity index (χ4n) is 1.61. The summed E-state index contributed by atoms with van der Waals surface area (Å²) in [6.45, 7) is 4.38. The normalized spacial score (nSPS) is 11.1. The molecule has 2 aromatic rings. The van der Waals surface area contributed by atoms with E-state index in [1.165, 1.54) is 6.26 Å². The zero-order valence-corrected chi connectivity index (χ0v) is 10.5. The van der Waals surface area contributed by atoms with Gasteiger partial charge in [0.25, 0.3) is 0 Å². The van der Waals surface area contributed by atoms with Gasteiger partial charge in [-0.3, -0.25) is 4.79 Å². The smallest absolute Gasteiger partial charge is 0.198 e. The number of aliphatic hydroxyl groups excluding tert-OH is 1. The van der Waals surface area contributed by atoms with Crippen LogP contribution < -0.4 is 10.2 Å². The Morgan fingerprint density at radius 2 is 2.17 bits per heavy atom. The molecule has 0 radical (unpaired) electrons. The molecule has 0 fully saturated rings. The predicted octanol–water partition coefficient (Wildman–Crippen LogP) is 2.32. The Morgan fingerprint density at radius 1 is 1.39 bits per heavy atom. The Hall–Kier alpha value is -1.81. The third kappa shape index (κ3) is 2.54. The van der Waals surface area contributed by atoms with Crippen LogP contribution >= 0.6 is 0 Å². The van der Waals surface area contributed by atoms with Crippen LogP contribution in [0.3, 0.4) is 0 Å². The molecule has 1 aromatic heterocycles. The third-order valence-corrected chi connectivity index (χ3v) is 2.57. The van der Waals surface area contributed by atoms with Crippen molar-refractivity contribution in [3.8, 4) is 5.75 Å². The molecule has 0 aliphatic carbocycles. The fraction of sp³-hybridized carbons (Fsp3) is 0.357. The Kier molecular flexibility index (Phi) is 3.67. The molecule has 0 amide bonds. The second-order valence-corrected chi connectivity index (χ2v) is 4.61. The van der Waals surface area contributed by atoms with Gasteiger partial charge in [-0.1, -0.05) is 13.8 Å². The number of hydrogen-bond donors (Lipinski definition) is 1. The van der Waals surface area contributed by atoms with Gasteiger partial charge in [-0.2, -0.15) is 0 Å². The van der Waals surface area contributed by atoms with Crippen molar-refractivity contribution in [3.05, 3.63) is 40.2 Å². The van der Waals surface area contributed by atoms with Gasteiger partial charge in [0, 0.05) is 0 Å². The van der Waals surface area contributed by atoms with Crippen LogP contribution in [-0.4, -0.2) is 11.7 Å². The van der Waals surface area contributed by atoms with Crippen molar-refractivity contribution in [1.29, 1.82) is 0 Å². The first-order chi connectivity index (χ1) is 8.61. The molecule has 2 rings (SSSR count). The molecular weight excluding hydrogens is 232 g/mol. The lowest BCUT2D eigenvalue weighted by Crippen LogP contribution is -2.09. The van der Waals surface area contributed by atoms with Gasteiger partial charge in [-0.15, -0.1) is 0 Å². The van der Waals surface area contributed by atoms with Crippen molar-refractivity contribution in [2.75, 3.05) is 6.61 Å². The molecule has 18 heavy (non-hydrogen) atoms. The van der Waals surface area contributed by atoms with Crippen molar-refractivity contribution >= 4 is 11.0 Å². The maximum absolute atomic E-state index is 12.0. The molecule has 1 aromatic carbocycles. The van der Waals surface area contributed by atoms with E-state index in [2.05, 4.69) is 13.8 Å². The summed E-state index contributed by atoms with van der Waals surface area (Å²) in [5, 5.41) is 9.47. The summed E-state index contributed by atoms with van der Waals surface area (Å²) in [5.41, 5.74) is 0.534. The first-order valence-corrected chi connectivity index (χ1v) is 5.90. The lowest BCUT2D eigenvalue weighted by Gasteiger charge is -2.09. The SMILES string of the molecule is CC(C)COc1ccc2occ(CO)c(=O)c2c1. The number of aliphatic hydroxyl groups is 1. The Balaban J connectivity index is 2.42.